The Morgan fingerprint density at radius 2 is 2.42 bits per heavy atom. The summed E-state index contributed by atoms with van der Waals surface area (Å²) in [6, 6.07) is 5.11. The van der Waals surface area contributed by atoms with Crippen LogP contribution in [-0.4, -0.2) is 11.1 Å². The van der Waals surface area contributed by atoms with Gasteiger partial charge in [-0.1, -0.05) is 6.07 Å². The third-order valence-corrected chi connectivity index (χ3v) is 1.18. The number of amides is 1. The molecule has 1 heterocycles. The number of nitrogens with zero attached hydrogens (tertiary/aromatic N) is 1. The van der Waals surface area contributed by atoms with Gasteiger partial charge in [0.05, 0.1) is 0 Å². The fourth-order valence-corrected chi connectivity index (χ4v) is 0.699. The molecule has 0 saturated carbocycles. The van der Waals surface area contributed by atoms with E-state index in [-0.39, 0.29) is 5.88 Å². The fraction of sp³-hybridized carbons (Fsp3) is 0.143. The van der Waals surface area contributed by atoms with E-state index in [1.54, 1.807) is 25.1 Å². The van der Waals surface area contributed by atoms with E-state index in [9.17, 15) is 4.79 Å². The molecule has 0 aromatic carbocycles. The number of carbonyl (C=O) groups is 1. The summed E-state index contributed by atoms with van der Waals surface area (Å²) in [5, 5.41) is 0. The van der Waals surface area contributed by atoms with Gasteiger partial charge in [0.2, 0.25) is 5.88 Å². The van der Waals surface area contributed by atoms with Crippen LogP contribution in [0, 0.1) is 6.92 Å². The molecule has 0 saturated heterocycles. The van der Waals surface area contributed by atoms with E-state index >= 15 is 0 Å². The van der Waals surface area contributed by atoms with Crippen LogP contribution in [0.15, 0.2) is 18.2 Å². The zero-order valence-electron chi connectivity index (χ0n) is 6.57. The van der Waals surface area contributed by atoms with Crippen LogP contribution in [0.25, 0.3) is 0 Å². The van der Waals surface area contributed by atoms with Gasteiger partial charge in [0.15, 0.2) is 0 Å². The topological polar surface area (TPSA) is 77.2 Å². The smallest absolute Gasteiger partial charge is 0.390 e. The summed E-state index contributed by atoms with van der Waals surface area (Å²) in [4.78, 5) is 14.5. The van der Waals surface area contributed by atoms with Crippen molar-refractivity contribution in [3.8, 4) is 5.88 Å². The van der Waals surface area contributed by atoms with Crippen LogP contribution in [0.2, 0.25) is 0 Å². The summed E-state index contributed by atoms with van der Waals surface area (Å²) in [5.74, 6) is 5.04. The van der Waals surface area contributed by atoms with Crippen molar-refractivity contribution < 1.29 is 9.53 Å². The first-order valence-corrected chi connectivity index (χ1v) is 3.34. The largest absolute Gasteiger partial charge is 0.428 e. The van der Waals surface area contributed by atoms with Crippen molar-refractivity contribution >= 4 is 6.09 Å². The molecule has 0 fully saturated rings. The third-order valence-electron chi connectivity index (χ3n) is 1.18. The maximum atomic E-state index is 10.6. The lowest BCUT2D eigenvalue weighted by Gasteiger charge is -2.01. The molecule has 0 unspecified atom stereocenters. The highest BCUT2D eigenvalue weighted by Crippen LogP contribution is 2.05. The van der Waals surface area contributed by atoms with Crippen LogP contribution >= 0.6 is 0 Å². The molecular weight excluding hydrogens is 158 g/mol. The Balaban J connectivity index is 2.69. The number of pyridine rings is 1. The maximum absolute atomic E-state index is 10.6. The lowest BCUT2D eigenvalue weighted by atomic mass is 10.4. The van der Waals surface area contributed by atoms with Crippen molar-refractivity contribution in [1.82, 2.24) is 10.4 Å². The lowest BCUT2D eigenvalue weighted by Crippen LogP contribution is -2.33. The third kappa shape index (κ3) is 2.21. The van der Waals surface area contributed by atoms with Gasteiger partial charge in [-0.2, -0.15) is 0 Å². The highest BCUT2D eigenvalue weighted by atomic mass is 16.6. The molecule has 5 nitrogen and oxygen atoms in total. The van der Waals surface area contributed by atoms with E-state index in [4.69, 9.17) is 5.84 Å². The van der Waals surface area contributed by atoms with Gasteiger partial charge in [-0.05, 0) is 13.0 Å². The van der Waals surface area contributed by atoms with Crippen LogP contribution in [0.1, 0.15) is 5.69 Å². The normalized spacial score (nSPS) is 9.17. The zero-order valence-corrected chi connectivity index (χ0v) is 6.57. The Hall–Kier alpha value is -1.62. The standard InChI is InChI=1S/C7H9N3O2/c1-5-3-2-4-6(9-5)12-7(11)10-8/h2-4H,8H2,1H3,(H,10,11). The Morgan fingerprint density at radius 1 is 1.67 bits per heavy atom. The minimum absolute atomic E-state index is 0.234. The number of aryl methyl sites for hydroxylation is 1. The monoisotopic (exact) mass is 167 g/mol. The van der Waals surface area contributed by atoms with E-state index in [1.807, 2.05) is 5.43 Å². The molecule has 64 valence electrons. The number of hydrogen-bond donors (Lipinski definition) is 2. The van der Waals surface area contributed by atoms with E-state index in [2.05, 4.69) is 9.72 Å². The molecule has 0 aliphatic heterocycles. The minimum Gasteiger partial charge on any atom is -0.390 e. The molecule has 0 aliphatic rings. The van der Waals surface area contributed by atoms with Gasteiger partial charge >= 0.3 is 6.09 Å². The average molecular weight is 167 g/mol. The van der Waals surface area contributed by atoms with Crippen LogP contribution < -0.4 is 16.0 Å². The summed E-state index contributed by atoms with van der Waals surface area (Å²) in [7, 11) is 0. The number of hydrazine groups is 1. The van der Waals surface area contributed by atoms with Crippen molar-refractivity contribution in [3.05, 3.63) is 23.9 Å². The molecule has 0 aliphatic carbocycles. The summed E-state index contributed by atoms with van der Waals surface area (Å²) in [5.41, 5.74) is 2.61. The number of aromatic nitrogens is 1. The first-order chi connectivity index (χ1) is 5.72. The summed E-state index contributed by atoms with van der Waals surface area (Å²) < 4.78 is 4.66. The molecule has 1 rings (SSSR count). The molecule has 12 heavy (non-hydrogen) atoms. The summed E-state index contributed by atoms with van der Waals surface area (Å²) >= 11 is 0. The van der Waals surface area contributed by atoms with Gasteiger partial charge in [-0.15, -0.1) is 0 Å². The van der Waals surface area contributed by atoms with E-state index in [1.165, 1.54) is 0 Å². The lowest BCUT2D eigenvalue weighted by molar-refractivity contribution is 0.199. The number of nitrogens with one attached hydrogen (secondary N) is 1. The van der Waals surface area contributed by atoms with Gasteiger partial charge < -0.3 is 4.74 Å². The predicted octanol–water partition coefficient (Wildman–Crippen LogP) is 0.352. The Bertz CT molecular complexity index is 288. The molecule has 1 aromatic rings. The molecular formula is C7H9N3O2. The van der Waals surface area contributed by atoms with Crippen molar-refractivity contribution in [2.45, 2.75) is 6.92 Å². The van der Waals surface area contributed by atoms with E-state index < -0.39 is 6.09 Å². The maximum Gasteiger partial charge on any atom is 0.428 e. The number of nitrogens with two attached hydrogens (primary N) is 1. The van der Waals surface area contributed by atoms with E-state index in [0.29, 0.717) is 0 Å². The molecule has 5 heteroatoms. The molecule has 3 N–H and O–H groups in total. The molecule has 1 amide bonds. The second kappa shape index (κ2) is 3.68. The predicted molar refractivity (Wildman–Crippen MR) is 42.3 cm³/mol. The minimum atomic E-state index is -0.729. The number of carbonyl (C=O) groups excluding carboxylic acids is 1. The molecule has 0 atom stereocenters. The second-order valence-electron chi connectivity index (χ2n) is 2.15. The summed E-state index contributed by atoms with van der Waals surface area (Å²) in [6.45, 7) is 1.80. The first kappa shape index (κ1) is 8.48. The quantitative estimate of drug-likeness (QED) is 0.359. The Morgan fingerprint density at radius 3 is 3.00 bits per heavy atom. The van der Waals surface area contributed by atoms with Crippen molar-refractivity contribution in [3.63, 3.8) is 0 Å². The van der Waals surface area contributed by atoms with Crippen molar-refractivity contribution in [1.29, 1.82) is 0 Å². The van der Waals surface area contributed by atoms with Crippen LogP contribution in [0.5, 0.6) is 5.88 Å². The molecule has 0 bridgehead atoms. The SMILES string of the molecule is Cc1cccc(OC(=O)NN)n1. The van der Waals surface area contributed by atoms with Crippen LogP contribution in [0.4, 0.5) is 4.79 Å². The van der Waals surface area contributed by atoms with Gasteiger partial charge in [-0.25, -0.2) is 15.6 Å². The molecule has 0 radical (unpaired) electrons. The summed E-state index contributed by atoms with van der Waals surface area (Å²) in [6.07, 6.45) is -0.729. The van der Waals surface area contributed by atoms with Gasteiger partial charge in [0, 0.05) is 11.8 Å². The van der Waals surface area contributed by atoms with Crippen LogP contribution in [0.3, 0.4) is 0 Å². The van der Waals surface area contributed by atoms with E-state index in [0.717, 1.165) is 5.69 Å². The number of ether oxygens (including phenoxy) is 1. The second-order valence-corrected chi connectivity index (χ2v) is 2.15. The average Bonchev–Trinajstić information content (AvgIpc) is 2.04. The van der Waals surface area contributed by atoms with Crippen LogP contribution in [-0.2, 0) is 0 Å². The van der Waals surface area contributed by atoms with Gasteiger partial charge in [0.1, 0.15) is 0 Å². The Kier molecular flexibility index (Phi) is 2.60. The van der Waals surface area contributed by atoms with Crippen molar-refractivity contribution in [2.24, 2.45) is 5.84 Å². The first-order valence-electron chi connectivity index (χ1n) is 3.34. The fourth-order valence-electron chi connectivity index (χ4n) is 0.699. The zero-order chi connectivity index (χ0) is 8.97. The van der Waals surface area contributed by atoms with Crippen molar-refractivity contribution in [2.75, 3.05) is 0 Å². The number of hydrogen-bond acceptors (Lipinski definition) is 4. The number of rotatable bonds is 1. The Labute approximate surface area is 69.5 Å². The highest BCUT2D eigenvalue weighted by molar-refractivity contribution is 5.68. The molecule has 1 aromatic heterocycles. The van der Waals surface area contributed by atoms with Gasteiger partial charge in [0.25, 0.3) is 0 Å². The van der Waals surface area contributed by atoms with Gasteiger partial charge in [-0.3, -0.25) is 5.43 Å². The molecule has 0 spiro atoms. The highest BCUT2D eigenvalue weighted by Gasteiger charge is 2.01.